The Morgan fingerprint density at radius 3 is 2.68 bits per heavy atom. The van der Waals surface area contributed by atoms with Crippen molar-refractivity contribution in [3.05, 3.63) is 46.5 Å². The SMILES string of the molecule is CC12CC(SCc3ccccc3)=C(C(=O)O)N1C(=O)C2CO. The summed E-state index contributed by atoms with van der Waals surface area (Å²) in [5.41, 5.74) is 0.589. The van der Waals surface area contributed by atoms with Gasteiger partial charge in [-0.2, -0.15) is 0 Å². The van der Waals surface area contributed by atoms with Crippen LogP contribution in [0, 0.1) is 5.92 Å². The van der Waals surface area contributed by atoms with Crippen LogP contribution in [0.15, 0.2) is 40.9 Å². The molecule has 2 heterocycles. The molecule has 0 aromatic heterocycles. The monoisotopic (exact) mass is 319 g/mol. The Hall–Kier alpha value is -1.79. The van der Waals surface area contributed by atoms with Crippen molar-refractivity contribution in [2.24, 2.45) is 5.92 Å². The van der Waals surface area contributed by atoms with Crippen LogP contribution in [0.2, 0.25) is 0 Å². The molecule has 2 N–H and O–H groups in total. The second-order valence-corrected chi connectivity index (χ2v) is 6.86. The predicted octanol–water partition coefficient (Wildman–Crippen LogP) is 1.83. The Morgan fingerprint density at radius 1 is 1.41 bits per heavy atom. The quantitative estimate of drug-likeness (QED) is 0.810. The maximum absolute atomic E-state index is 12.1. The molecule has 1 aromatic carbocycles. The summed E-state index contributed by atoms with van der Waals surface area (Å²) in [6.07, 6.45) is 0.489. The molecule has 2 aliphatic rings. The summed E-state index contributed by atoms with van der Waals surface area (Å²) >= 11 is 1.46. The third-order valence-electron chi connectivity index (χ3n) is 4.43. The summed E-state index contributed by atoms with van der Waals surface area (Å²) in [6, 6.07) is 9.79. The fraction of sp³-hybridized carbons (Fsp3) is 0.375. The van der Waals surface area contributed by atoms with Crippen molar-refractivity contribution in [3.63, 3.8) is 0 Å². The van der Waals surface area contributed by atoms with E-state index in [2.05, 4.69) is 0 Å². The standard InChI is InChI=1S/C16H17NO4S/c1-16-7-12(22-9-10-5-3-2-4-6-10)13(15(20)21)17(16)14(19)11(16)8-18/h2-6,11,18H,7-9H2,1H3,(H,20,21). The summed E-state index contributed by atoms with van der Waals surface area (Å²) in [5, 5.41) is 18.8. The van der Waals surface area contributed by atoms with Gasteiger partial charge in [0.25, 0.3) is 0 Å². The Kier molecular flexibility index (Phi) is 3.74. The van der Waals surface area contributed by atoms with E-state index >= 15 is 0 Å². The highest BCUT2D eigenvalue weighted by atomic mass is 32.2. The maximum Gasteiger partial charge on any atom is 0.353 e. The van der Waals surface area contributed by atoms with E-state index in [4.69, 9.17) is 0 Å². The summed E-state index contributed by atoms with van der Waals surface area (Å²) in [5.74, 6) is -1.21. The highest BCUT2D eigenvalue weighted by molar-refractivity contribution is 8.02. The molecular weight excluding hydrogens is 302 g/mol. The van der Waals surface area contributed by atoms with E-state index < -0.39 is 17.4 Å². The number of nitrogens with zero attached hydrogens (tertiary/aromatic N) is 1. The Bertz CT molecular complexity index is 657. The number of amides is 1. The molecule has 6 heteroatoms. The highest BCUT2D eigenvalue weighted by Gasteiger charge is 2.63. The van der Waals surface area contributed by atoms with E-state index in [9.17, 15) is 19.8 Å². The number of rotatable bonds is 5. The van der Waals surface area contributed by atoms with Crippen LogP contribution < -0.4 is 0 Å². The van der Waals surface area contributed by atoms with Gasteiger partial charge >= 0.3 is 5.97 Å². The lowest BCUT2D eigenvalue weighted by Crippen LogP contribution is -2.68. The third-order valence-corrected chi connectivity index (χ3v) is 5.59. The van der Waals surface area contributed by atoms with E-state index in [-0.39, 0.29) is 18.2 Å². The number of hydrogen-bond donors (Lipinski definition) is 2. The molecule has 116 valence electrons. The minimum Gasteiger partial charge on any atom is -0.477 e. The van der Waals surface area contributed by atoms with Gasteiger partial charge in [-0.05, 0) is 12.5 Å². The van der Waals surface area contributed by atoms with E-state index in [1.165, 1.54) is 16.7 Å². The molecule has 5 nitrogen and oxygen atoms in total. The van der Waals surface area contributed by atoms with Crippen LogP contribution in [0.25, 0.3) is 0 Å². The Balaban J connectivity index is 1.84. The predicted molar refractivity (Wildman–Crippen MR) is 82.8 cm³/mol. The molecule has 1 aromatic rings. The number of aliphatic hydroxyl groups is 1. The van der Waals surface area contributed by atoms with Gasteiger partial charge in [0.2, 0.25) is 5.91 Å². The van der Waals surface area contributed by atoms with E-state index in [0.717, 1.165) is 5.56 Å². The average molecular weight is 319 g/mol. The second kappa shape index (κ2) is 5.44. The first-order valence-corrected chi connectivity index (χ1v) is 8.05. The van der Waals surface area contributed by atoms with Crippen molar-refractivity contribution >= 4 is 23.6 Å². The molecule has 0 saturated carbocycles. The van der Waals surface area contributed by atoms with Gasteiger partial charge in [0.15, 0.2) is 0 Å². The van der Waals surface area contributed by atoms with Crippen molar-refractivity contribution in [1.82, 2.24) is 4.90 Å². The van der Waals surface area contributed by atoms with Gasteiger partial charge < -0.3 is 10.2 Å². The molecule has 2 atom stereocenters. The van der Waals surface area contributed by atoms with Gasteiger partial charge in [-0.25, -0.2) is 4.79 Å². The third kappa shape index (κ3) is 2.14. The van der Waals surface area contributed by atoms with E-state index in [0.29, 0.717) is 17.1 Å². The lowest BCUT2D eigenvalue weighted by molar-refractivity contribution is -0.168. The fourth-order valence-corrected chi connectivity index (χ4v) is 4.46. The van der Waals surface area contributed by atoms with Crippen molar-refractivity contribution in [2.75, 3.05) is 6.61 Å². The normalized spacial score (nSPS) is 26.9. The van der Waals surface area contributed by atoms with Gasteiger partial charge in [-0.1, -0.05) is 30.3 Å². The van der Waals surface area contributed by atoms with Gasteiger partial charge in [0.1, 0.15) is 5.70 Å². The van der Waals surface area contributed by atoms with Crippen LogP contribution in [-0.4, -0.2) is 39.1 Å². The highest BCUT2D eigenvalue weighted by Crippen LogP contribution is 2.53. The topological polar surface area (TPSA) is 77.8 Å². The number of fused-ring (bicyclic) bond motifs is 1. The number of aliphatic carboxylic acids is 1. The summed E-state index contributed by atoms with van der Waals surface area (Å²) in [4.78, 5) is 25.7. The lowest BCUT2D eigenvalue weighted by Gasteiger charge is -2.51. The van der Waals surface area contributed by atoms with Crippen LogP contribution in [0.3, 0.4) is 0 Å². The molecule has 3 rings (SSSR count). The number of hydrogen-bond acceptors (Lipinski definition) is 4. The molecule has 0 aliphatic carbocycles. The maximum atomic E-state index is 12.1. The smallest absolute Gasteiger partial charge is 0.353 e. The second-order valence-electron chi connectivity index (χ2n) is 5.79. The number of β-lactam (4-membered cyclic amide) rings is 1. The molecule has 0 radical (unpaired) electrons. The van der Waals surface area contributed by atoms with Crippen LogP contribution in [0.5, 0.6) is 0 Å². The number of thioether (sulfide) groups is 1. The Labute approximate surface area is 132 Å². The van der Waals surface area contributed by atoms with Crippen LogP contribution in [0.1, 0.15) is 18.9 Å². The minimum absolute atomic E-state index is 0.0816. The fourth-order valence-electron chi connectivity index (χ4n) is 3.22. The molecule has 22 heavy (non-hydrogen) atoms. The zero-order valence-electron chi connectivity index (χ0n) is 12.2. The van der Waals surface area contributed by atoms with Crippen molar-refractivity contribution in [1.29, 1.82) is 0 Å². The molecular formula is C16H17NO4S. The number of aliphatic hydroxyl groups excluding tert-OH is 1. The number of carbonyl (C=O) groups excluding carboxylic acids is 1. The molecule has 1 amide bonds. The summed E-state index contributed by atoms with van der Waals surface area (Å²) in [6.45, 7) is 1.60. The van der Waals surface area contributed by atoms with Crippen LogP contribution in [0.4, 0.5) is 0 Å². The molecule has 0 bridgehead atoms. The minimum atomic E-state index is -1.08. The van der Waals surface area contributed by atoms with E-state index in [1.54, 1.807) is 0 Å². The van der Waals surface area contributed by atoms with Crippen LogP contribution in [-0.2, 0) is 15.3 Å². The van der Waals surface area contributed by atoms with Gasteiger partial charge in [-0.3, -0.25) is 9.69 Å². The summed E-state index contributed by atoms with van der Waals surface area (Å²) in [7, 11) is 0. The van der Waals surface area contributed by atoms with E-state index in [1.807, 2.05) is 37.3 Å². The largest absolute Gasteiger partial charge is 0.477 e. The molecule has 1 fully saturated rings. The zero-order chi connectivity index (χ0) is 15.9. The van der Waals surface area contributed by atoms with Crippen molar-refractivity contribution < 1.29 is 19.8 Å². The van der Waals surface area contributed by atoms with Gasteiger partial charge in [0.05, 0.1) is 18.1 Å². The number of carboxylic acid groups (broad SMARTS) is 1. The number of carbonyl (C=O) groups is 2. The lowest BCUT2D eigenvalue weighted by atomic mass is 9.75. The number of carboxylic acids is 1. The molecule has 0 spiro atoms. The van der Waals surface area contributed by atoms with Crippen LogP contribution >= 0.6 is 11.8 Å². The zero-order valence-corrected chi connectivity index (χ0v) is 13.0. The molecule has 2 unspecified atom stereocenters. The average Bonchev–Trinajstić information content (AvgIpc) is 2.76. The molecule has 2 aliphatic heterocycles. The van der Waals surface area contributed by atoms with Gasteiger partial charge in [-0.15, -0.1) is 11.8 Å². The first-order valence-electron chi connectivity index (χ1n) is 7.07. The van der Waals surface area contributed by atoms with Crippen molar-refractivity contribution in [2.45, 2.75) is 24.6 Å². The molecule has 1 saturated heterocycles. The first kappa shape index (κ1) is 15.1. The van der Waals surface area contributed by atoms with Gasteiger partial charge in [0, 0.05) is 17.1 Å². The van der Waals surface area contributed by atoms with Crippen molar-refractivity contribution in [3.8, 4) is 0 Å². The first-order chi connectivity index (χ1) is 10.5. The number of benzene rings is 1. The summed E-state index contributed by atoms with van der Waals surface area (Å²) < 4.78 is 0. The Morgan fingerprint density at radius 2 is 2.09 bits per heavy atom.